The van der Waals surface area contributed by atoms with Crippen LogP contribution in [-0.2, 0) is 6.42 Å². The van der Waals surface area contributed by atoms with Crippen LogP contribution in [0.2, 0.25) is 0 Å². The normalized spacial score (nSPS) is 10.2. The first-order valence-electron chi connectivity index (χ1n) is 9.52. The highest BCUT2D eigenvalue weighted by Gasteiger charge is 2.12. The molecule has 0 amide bonds. The van der Waals surface area contributed by atoms with Gasteiger partial charge < -0.3 is 17.2 Å². The van der Waals surface area contributed by atoms with E-state index in [0.29, 0.717) is 11.8 Å². The predicted octanol–water partition coefficient (Wildman–Crippen LogP) is 2.35. The highest BCUT2D eigenvalue weighted by Crippen LogP contribution is 2.16. The van der Waals surface area contributed by atoms with E-state index in [9.17, 15) is 4.79 Å². The molecule has 9 heteroatoms. The maximum Gasteiger partial charge on any atom is 0.266 e. The summed E-state index contributed by atoms with van der Waals surface area (Å²) < 4.78 is 1.72. The van der Waals surface area contributed by atoms with E-state index in [1.807, 2.05) is 62.4 Å². The van der Waals surface area contributed by atoms with Gasteiger partial charge in [0.1, 0.15) is 29.1 Å². The van der Waals surface area contributed by atoms with Crippen LogP contribution in [0.15, 0.2) is 53.3 Å². The van der Waals surface area contributed by atoms with E-state index in [2.05, 4.69) is 15.0 Å². The van der Waals surface area contributed by atoms with Crippen molar-refractivity contribution in [2.75, 3.05) is 17.2 Å². The topological polar surface area (TPSA) is 163 Å². The van der Waals surface area contributed by atoms with Crippen LogP contribution >= 0.6 is 0 Å². The second kappa shape index (κ2) is 8.92. The molecule has 0 saturated carbocycles. The zero-order valence-electron chi connectivity index (χ0n) is 17.2. The SMILES string of the molecule is CCc1nc2cccc(C)c2c(=O)n1-c1ccccc1.N#Cc1c(N)nc(N)nc1N. The van der Waals surface area contributed by atoms with Crippen molar-refractivity contribution in [3.8, 4) is 11.8 Å². The second-order valence-corrected chi connectivity index (χ2v) is 6.67. The molecule has 0 aliphatic rings. The van der Waals surface area contributed by atoms with E-state index in [0.717, 1.165) is 22.6 Å². The van der Waals surface area contributed by atoms with E-state index < -0.39 is 0 Å². The number of nitrogens with zero attached hydrogens (tertiary/aromatic N) is 5. The van der Waals surface area contributed by atoms with E-state index in [1.54, 1.807) is 10.6 Å². The number of hydrogen-bond donors (Lipinski definition) is 3. The first-order chi connectivity index (χ1) is 14.9. The molecule has 0 aliphatic carbocycles. The summed E-state index contributed by atoms with van der Waals surface area (Å²) in [4.78, 5) is 24.6. The lowest BCUT2D eigenvalue weighted by Crippen LogP contribution is -2.24. The minimum Gasteiger partial charge on any atom is -0.382 e. The Labute approximate surface area is 178 Å². The van der Waals surface area contributed by atoms with Gasteiger partial charge in [0.25, 0.3) is 5.56 Å². The Hall–Kier alpha value is -4.45. The number of aromatic nitrogens is 4. The van der Waals surface area contributed by atoms with Crippen molar-refractivity contribution in [3.63, 3.8) is 0 Å². The minimum absolute atomic E-state index is 0.0103. The van der Waals surface area contributed by atoms with Crippen molar-refractivity contribution in [2.45, 2.75) is 20.3 Å². The van der Waals surface area contributed by atoms with Gasteiger partial charge in [0.2, 0.25) is 5.95 Å². The third kappa shape index (κ3) is 4.28. The van der Waals surface area contributed by atoms with Crippen molar-refractivity contribution < 1.29 is 0 Å². The van der Waals surface area contributed by atoms with E-state index in [-0.39, 0.29) is 28.7 Å². The number of hydrogen-bond acceptors (Lipinski definition) is 8. The molecule has 9 nitrogen and oxygen atoms in total. The quantitative estimate of drug-likeness (QED) is 0.450. The summed E-state index contributed by atoms with van der Waals surface area (Å²) in [6.07, 6.45) is 0.716. The molecule has 0 fully saturated rings. The Balaban J connectivity index is 0.000000210. The first-order valence-corrected chi connectivity index (χ1v) is 9.52. The lowest BCUT2D eigenvalue weighted by atomic mass is 10.1. The molecule has 0 radical (unpaired) electrons. The fraction of sp³-hybridized carbons (Fsp3) is 0.136. The molecule has 156 valence electrons. The van der Waals surface area contributed by atoms with Crippen molar-refractivity contribution in [3.05, 3.63) is 75.8 Å². The van der Waals surface area contributed by atoms with Crippen LogP contribution in [0.1, 0.15) is 23.9 Å². The number of rotatable bonds is 2. The Morgan fingerprint density at radius 2 is 1.61 bits per heavy atom. The third-order valence-electron chi connectivity index (χ3n) is 4.60. The van der Waals surface area contributed by atoms with Crippen LogP contribution in [0.25, 0.3) is 16.6 Å². The van der Waals surface area contributed by atoms with Crippen molar-refractivity contribution in [1.29, 1.82) is 5.26 Å². The van der Waals surface area contributed by atoms with Crippen LogP contribution in [-0.4, -0.2) is 19.5 Å². The Morgan fingerprint density at radius 1 is 0.968 bits per heavy atom. The number of nitriles is 1. The third-order valence-corrected chi connectivity index (χ3v) is 4.60. The largest absolute Gasteiger partial charge is 0.382 e. The first kappa shape index (κ1) is 21.3. The summed E-state index contributed by atoms with van der Waals surface area (Å²) in [5, 5.41) is 9.16. The van der Waals surface area contributed by atoms with Gasteiger partial charge in [-0.3, -0.25) is 9.36 Å². The highest BCUT2D eigenvalue weighted by molar-refractivity contribution is 5.81. The van der Waals surface area contributed by atoms with Gasteiger partial charge in [-0.2, -0.15) is 15.2 Å². The Kier molecular flexibility index (Phi) is 6.12. The standard InChI is InChI=1S/C17H16N2O.C5H6N6/c1-3-15-18-14-11-7-8-12(2)16(14)17(20)19(15)13-9-5-4-6-10-13;6-1-2-3(7)10-5(9)11-4(2)8/h4-11H,3H2,1-2H3;(H6,7,8,9,10,11). The second-order valence-electron chi connectivity index (χ2n) is 6.67. The molecular weight excluding hydrogens is 392 g/mol. The summed E-state index contributed by atoms with van der Waals surface area (Å²) in [7, 11) is 0. The van der Waals surface area contributed by atoms with Crippen LogP contribution in [0, 0.1) is 18.3 Å². The zero-order chi connectivity index (χ0) is 22.5. The molecular formula is C22H22N8O. The number of para-hydroxylation sites is 1. The molecule has 0 bridgehead atoms. The number of anilines is 3. The van der Waals surface area contributed by atoms with Crippen molar-refractivity contribution in [2.24, 2.45) is 0 Å². The summed E-state index contributed by atoms with van der Waals surface area (Å²) in [6.45, 7) is 3.97. The smallest absolute Gasteiger partial charge is 0.266 e. The molecule has 0 atom stereocenters. The maximum absolute atomic E-state index is 12.9. The van der Waals surface area contributed by atoms with Gasteiger partial charge in [-0.25, -0.2) is 4.98 Å². The van der Waals surface area contributed by atoms with Crippen molar-refractivity contribution in [1.82, 2.24) is 19.5 Å². The summed E-state index contributed by atoms with van der Waals surface area (Å²) in [5.41, 5.74) is 18.5. The molecule has 31 heavy (non-hydrogen) atoms. The maximum atomic E-state index is 12.9. The minimum atomic E-state index is -0.0287. The lowest BCUT2D eigenvalue weighted by Gasteiger charge is -2.13. The number of aryl methyl sites for hydroxylation is 2. The lowest BCUT2D eigenvalue weighted by molar-refractivity contribution is 0.832. The van der Waals surface area contributed by atoms with Gasteiger partial charge >= 0.3 is 0 Å². The molecule has 2 aromatic carbocycles. The fourth-order valence-electron chi connectivity index (χ4n) is 3.15. The molecule has 4 rings (SSSR count). The van der Waals surface area contributed by atoms with Crippen LogP contribution < -0.4 is 22.8 Å². The van der Waals surface area contributed by atoms with Gasteiger partial charge in [-0.05, 0) is 30.7 Å². The molecule has 0 unspecified atom stereocenters. The molecule has 6 N–H and O–H groups in total. The number of fused-ring (bicyclic) bond motifs is 1. The summed E-state index contributed by atoms with van der Waals surface area (Å²) in [5.74, 6) is 0.785. The van der Waals surface area contributed by atoms with Crippen LogP contribution in [0.3, 0.4) is 0 Å². The molecule has 0 spiro atoms. The Bertz CT molecular complexity index is 1320. The molecule has 0 aliphatic heterocycles. The van der Waals surface area contributed by atoms with E-state index in [4.69, 9.17) is 22.5 Å². The molecule has 4 aromatic rings. The van der Waals surface area contributed by atoms with Gasteiger partial charge in [-0.15, -0.1) is 0 Å². The summed E-state index contributed by atoms with van der Waals surface area (Å²) >= 11 is 0. The average molecular weight is 414 g/mol. The highest BCUT2D eigenvalue weighted by atomic mass is 16.1. The number of nitrogens with two attached hydrogens (primary N) is 3. The van der Waals surface area contributed by atoms with Crippen LogP contribution in [0.4, 0.5) is 17.6 Å². The zero-order valence-corrected chi connectivity index (χ0v) is 17.2. The molecule has 2 heterocycles. The van der Waals surface area contributed by atoms with Crippen molar-refractivity contribution >= 4 is 28.5 Å². The van der Waals surface area contributed by atoms with Gasteiger partial charge in [0, 0.05) is 6.42 Å². The molecule has 0 saturated heterocycles. The monoisotopic (exact) mass is 414 g/mol. The Morgan fingerprint density at radius 3 is 2.19 bits per heavy atom. The number of benzene rings is 2. The van der Waals surface area contributed by atoms with E-state index in [1.165, 1.54) is 0 Å². The van der Waals surface area contributed by atoms with Gasteiger partial charge in [-0.1, -0.05) is 37.3 Å². The summed E-state index contributed by atoms with van der Waals surface area (Å²) in [6, 6.07) is 17.2. The van der Waals surface area contributed by atoms with Crippen LogP contribution in [0.5, 0.6) is 0 Å². The molecule has 2 aromatic heterocycles. The number of nitrogen functional groups attached to an aromatic ring is 3. The van der Waals surface area contributed by atoms with Gasteiger partial charge in [0.15, 0.2) is 0 Å². The average Bonchev–Trinajstić information content (AvgIpc) is 2.74. The van der Waals surface area contributed by atoms with E-state index >= 15 is 0 Å². The van der Waals surface area contributed by atoms with Gasteiger partial charge in [0.05, 0.1) is 16.6 Å². The predicted molar refractivity (Wildman–Crippen MR) is 121 cm³/mol. The fourth-order valence-corrected chi connectivity index (χ4v) is 3.15.